The fourth-order valence-electron chi connectivity index (χ4n) is 2.40. The van der Waals surface area contributed by atoms with Crippen molar-refractivity contribution in [2.45, 2.75) is 18.2 Å². The Hall–Kier alpha value is -0.470. The summed E-state index contributed by atoms with van der Waals surface area (Å²) in [5, 5.41) is 0. The first-order chi connectivity index (χ1) is 9.99. The first kappa shape index (κ1) is 16.9. The van der Waals surface area contributed by atoms with Crippen LogP contribution in [0.15, 0.2) is 27.6 Å². The molecule has 1 saturated heterocycles. The number of hydrogen-bond acceptors (Lipinski definition) is 3. The van der Waals surface area contributed by atoms with Gasteiger partial charge in [0.25, 0.3) is 0 Å². The summed E-state index contributed by atoms with van der Waals surface area (Å²) in [5.41, 5.74) is 0.754. The molecular formula is C14H22BrN2O3S+. The number of halogens is 1. The quantitative estimate of drug-likeness (QED) is 0.702. The summed E-state index contributed by atoms with van der Waals surface area (Å²) in [6, 6.07) is 5.29. The fourth-order valence-corrected chi connectivity index (χ4v) is 4.25. The van der Waals surface area contributed by atoms with Crippen molar-refractivity contribution in [3.05, 3.63) is 28.2 Å². The topological polar surface area (TPSA) is 59.8 Å². The molecule has 1 heterocycles. The number of aryl methyl sites for hydroxylation is 1. The molecule has 1 aromatic carbocycles. The van der Waals surface area contributed by atoms with Gasteiger partial charge >= 0.3 is 0 Å². The van der Waals surface area contributed by atoms with Crippen molar-refractivity contribution in [1.82, 2.24) is 4.72 Å². The Morgan fingerprint density at radius 1 is 1.33 bits per heavy atom. The Morgan fingerprint density at radius 2 is 2.05 bits per heavy atom. The number of rotatable bonds is 6. The second kappa shape index (κ2) is 7.69. The van der Waals surface area contributed by atoms with Crippen molar-refractivity contribution in [1.29, 1.82) is 0 Å². The molecule has 2 N–H and O–H groups in total. The fraction of sp³-hybridized carbons (Fsp3) is 0.571. The highest BCUT2D eigenvalue weighted by Gasteiger charge is 2.17. The molecule has 1 fully saturated rings. The van der Waals surface area contributed by atoms with Gasteiger partial charge in [0.15, 0.2) is 0 Å². The molecule has 0 bridgehead atoms. The van der Waals surface area contributed by atoms with Gasteiger partial charge in [-0.05, 0) is 24.6 Å². The number of quaternary nitrogens is 1. The number of sulfonamides is 1. The van der Waals surface area contributed by atoms with Crippen molar-refractivity contribution in [3.63, 3.8) is 0 Å². The van der Waals surface area contributed by atoms with Crippen LogP contribution in [-0.2, 0) is 14.8 Å². The van der Waals surface area contributed by atoms with E-state index >= 15 is 0 Å². The second-order valence-electron chi connectivity index (χ2n) is 5.27. The van der Waals surface area contributed by atoms with Crippen molar-refractivity contribution in [3.8, 4) is 0 Å². The van der Waals surface area contributed by atoms with Crippen LogP contribution in [0.25, 0.3) is 0 Å². The van der Waals surface area contributed by atoms with Crippen LogP contribution < -0.4 is 9.62 Å². The highest BCUT2D eigenvalue weighted by molar-refractivity contribution is 9.10. The van der Waals surface area contributed by atoms with Gasteiger partial charge in [-0.1, -0.05) is 22.0 Å². The van der Waals surface area contributed by atoms with E-state index in [1.54, 1.807) is 19.1 Å². The van der Waals surface area contributed by atoms with Crippen LogP contribution in [0, 0.1) is 6.92 Å². The van der Waals surface area contributed by atoms with Gasteiger partial charge in [0.1, 0.15) is 13.1 Å². The van der Waals surface area contributed by atoms with Crippen LogP contribution in [0.1, 0.15) is 12.0 Å². The van der Waals surface area contributed by atoms with E-state index in [-0.39, 0.29) is 0 Å². The maximum absolute atomic E-state index is 12.3. The van der Waals surface area contributed by atoms with Crippen LogP contribution in [0.3, 0.4) is 0 Å². The maximum Gasteiger partial charge on any atom is 0.240 e. The van der Waals surface area contributed by atoms with Crippen molar-refractivity contribution in [2.75, 3.05) is 39.4 Å². The highest BCUT2D eigenvalue weighted by atomic mass is 79.9. The largest absolute Gasteiger partial charge is 0.370 e. The Balaban J connectivity index is 1.85. The predicted molar refractivity (Wildman–Crippen MR) is 85.1 cm³/mol. The molecule has 0 saturated carbocycles. The van der Waals surface area contributed by atoms with E-state index in [0.717, 1.165) is 49.3 Å². The molecule has 0 atom stereocenters. The first-order valence-electron chi connectivity index (χ1n) is 7.16. The lowest BCUT2D eigenvalue weighted by Gasteiger charge is -2.23. The van der Waals surface area contributed by atoms with Crippen LogP contribution in [0.2, 0.25) is 0 Å². The predicted octanol–water partition coefficient (Wildman–Crippen LogP) is 0.341. The Bertz CT molecular complexity index is 572. The van der Waals surface area contributed by atoms with E-state index in [0.29, 0.717) is 11.4 Å². The normalized spacial score (nSPS) is 17.0. The average Bonchev–Trinajstić information content (AvgIpc) is 2.47. The minimum absolute atomic E-state index is 0.343. The summed E-state index contributed by atoms with van der Waals surface area (Å²) in [4.78, 5) is 1.83. The lowest BCUT2D eigenvalue weighted by molar-refractivity contribution is -0.908. The van der Waals surface area contributed by atoms with Crippen LogP contribution >= 0.6 is 15.9 Å². The molecule has 1 aliphatic heterocycles. The third-order valence-electron chi connectivity index (χ3n) is 3.64. The number of morpholine rings is 1. The standard InChI is InChI=1S/C14H21BrN2O3S/c1-12-3-4-13(15)11-14(12)21(18,19)16-5-2-6-17-7-9-20-10-8-17/h3-4,11,16H,2,5-10H2,1H3/p+1. The van der Waals surface area contributed by atoms with E-state index in [2.05, 4.69) is 20.7 Å². The number of nitrogens with one attached hydrogen (secondary N) is 2. The molecule has 0 spiro atoms. The second-order valence-corrected chi connectivity index (χ2v) is 7.92. The Kier molecular flexibility index (Phi) is 6.19. The Morgan fingerprint density at radius 3 is 2.76 bits per heavy atom. The average molecular weight is 378 g/mol. The zero-order chi connectivity index (χ0) is 15.3. The van der Waals surface area contributed by atoms with E-state index in [4.69, 9.17) is 4.74 Å². The number of benzene rings is 1. The molecule has 0 aromatic heterocycles. The van der Waals surface area contributed by atoms with Gasteiger partial charge in [0.05, 0.1) is 24.7 Å². The molecule has 7 heteroatoms. The molecular weight excluding hydrogens is 356 g/mol. The monoisotopic (exact) mass is 377 g/mol. The Labute approximate surface area is 134 Å². The molecule has 0 aliphatic carbocycles. The number of hydrogen-bond donors (Lipinski definition) is 2. The van der Waals surface area contributed by atoms with E-state index in [1.165, 1.54) is 4.90 Å². The molecule has 118 valence electrons. The lowest BCUT2D eigenvalue weighted by atomic mass is 10.2. The molecule has 0 amide bonds. The van der Waals surface area contributed by atoms with Crippen molar-refractivity contribution in [2.24, 2.45) is 0 Å². The molecule has 5 nitrogen and oxygen atoms in total. The van der Waals surface area contributed by atoms with Gasteiger partial charge in [0.2, 0.25) is 10.0 Å². The lowest BCUT2D eigenvalue weighted by Crippen LogP contribution is -3.14. The minimum Gasteiger partial charge on any atom is -0.370 e. The molecule has 21 heavy (non-hydrogen) atoms. The van der Waals surface area contributed by atoms with Gasteiger partial charge in [-0.25, -0.2) is 13.1 Å². The van der Waals surface area contributed by atoms with Crippen LogP contribution in [0.4, 0.5) is 0 Å². The van der Waals surface area contributed by atoms with Gasteiger partial charge in [-0.3, -0.25) is 0 Å². The number of ether oxygens (including phenoxy) is 1. The van der Waals surface area contributed by atoms with E-state index in [9.17, 15) is 8.42 Å². The van der Waals surface area contributed by atoms with Gasteiger partial charge in [-0.2, -0.15) is 0 Å². The van der Waals surface area contributed by atoms with E-state index in [1.807, 2.05) is 6.07 Å². The summed E-state index contributed by atoms with van der Waals surface area (Å²) < 4.78 is 33.4. The molecule has 1 aliphatic rings. The summed E-state index contributed by atoms with van der Waals surface area (Å²) in [7, 11) is -3.43. The summed E-state index contributed by atoms with van der Waals surface area (Å²) in [6.07, 6.45) is 0.835. The van der Waals surface area contributed by atoms with Crippen molar-refractivity contribution < 1.29 is 18.1 Å². The van der Waals surface area contributed by atoms with Crippen LogP contribution in [-0.4, -0.2) is 47.8 Å². The molecule has 2 rings (SSSR count). The molecule has 0 unspecified atom stereocenters. The molecule has 0 radical (unpaired) electrons. The van der Waals surface area contributed by atoms with Crippen molar-refractivity contribution >= 4 is 26.0 Å². The SMILES string of the molecule is Cc1ccc(Br)cc1S(=O)(=O)NCCC[NH+]1CCOCC1. The first-order valence-corrected chi connectivity index (χ1v) is 9.44. The van der Waals surface area contributed by atoms with E-state index < -0.39 is 10.0 Å². The third-order valence-corrected chi connectivity index (χ3v) is 5.74. The zero-order valence-electron chi connectivity index (χ0n) is 12.2. The van der Waals surface area contributed by atoms with Crippen LogP contribution in [0.5, 0.6) is 0 Å². The zero-order valence-corrected chi connectivity index (χ0v) is 14.6. The summed E-state index contributed by atoms with van der Waals surface area (Å²) in [5.74, 6) is 0. The highest BCUT2D eigenvalue weighted by Crippen LogP contribution is 2.20. The third kappa shape index (κ3) is 5.03. The van der Waals surface area contributed by atoms with Gasteiger partial charge in [0, 0.05) is 17.4 Å². The van der Waals surface area contributed by atoms with Gasteiger partial charge < -0.3 is 9.64 Å². The van der Waals surface area contributed by atoms with Gasteiger partial charge in [-0.15, -0.1) is 0 Å². The summed E-state index contributed by atoms with van der Waals surface area (Å²) in [6.45, 7) is 6.88. The minimum atomic E-state index is -3.43. The molecule has 1 aromatic rings. The smallest absolute Gasteiger partial charge is 0.240 e. The maximum atomic E-state index is 12.3. The summed E-state index contributed by atoms with van der Waals surface area (Å²) >= 11 is 3.32.